The molecule has 33 heavy (non-hydrogen) atoms. The fourth-order valence-corrected chi connectivity index (χ4v) is 4.18. The van der Waals surface area contributed by atoms with Crippen molar-refractivity contribution in [2.45, 2.75) is 29.9 Å². The molecule has 0 amide bonds. The van der Waals surface area contributed by atoms with Gasteiger partial charge in [-0.25, -0.2) is 31.5 Å². The molecule has 172 valence electrons. The Morgan fingerprint density at radius 3 is 2.48 bits per heavy atom. The molecule has 1 N–H and O–H groups in total. The number of benzene rings is 2. The van der Waals surface area contributed by atoms with Gasteiger partial charge >= 0.3 is 0 Å². The van der Waals surface area contributed by atoms with Gasteiger partial charge in [0.1, 0.15) is 29.9 Å². The average Bonchev–Trinajstić information content (AvgIpc) is 3.44. The van der Waals surface area contributed by atoms with Gasteiger partial charge in [-0.15, -0.1) is 5.10 Å². The average molecular weight is 474 g/mol. The summed E-state index contributed by atoms with van der Waals surface area (Å²) in [5.74, 6) is -2.48. The minimum atomic E-state index is -3.35. The van der Waals surface area contributed by atoms with Crippen LogP contribution in [0.1, 0.15) is 24.1 Å². The highest BCUT2D eigenvalue weighted by molar-refractivity contribution is 7.90. The number of aliphatic hydroxyl groups is 1. The molecule has 0 fully saturated rings. The van der Waals surface area contributed by atoms with Crippen LogP contribution in [0.4, 0.5) is 8.78 Å². The zero-order chi connectivity index (χ0) is 23.8. The molecule has 0 saturated carbocycles. The molecule has 12 heteroatoms. The van der Waals surface area contributed by atoms with E-state index in [2.05, 4.69) is 20.4 Å². The fraction of sp³-hybridized carbons (Fsp3) is 0.238. The molecule has 4 aromatic rings. The van der Waals surface area contributed by atoms with Gasteiger partial charge in [0.2, 0.25) is 0 Å². The van der Waals surface area contributed by atoms with E-state index in [1.807, 2.05) is 0 Å². The van der Waals surface area contributed by atoms with Crippen LogP contribution in [0.2, 0.25) is 0 Å². The fourth-order valence-electron chi connectivity index (χ4n) is 3.55. The Bertz CT molecular complexity index is 1370. The first kappa shape index (κ1) is 22.7. The van der Waals surface area contributed by atoms with Crippen molar-refractivity contribution in [3.05, 3.63) is 84.2 Å². The third-order valence-electron chi connectivity index (χ3n) is 5.47. The number of hydrogen-bond acceptors (Lipinski definition) is 7. The summed E-state index contributed by atoms with van der Waals surface area (Å²) in [6.07, 6.45) is 5.32. The molecule has 0 saturated heterocycles. The first-order valence-electron chi connectivity index (χ1n) is 9.81. The van der Waals surface area contributed by atoms with Crippen molar-refractivity contribution >= 4 is 9.84 Å². The SMILES string of the molecule is C[C@@H](c1cn(-c2ccc(S(C)(=O)=O)cc2)nn1)[C@](O)(Cn1cncn1)c1ccc(F)cc1F. The van der Waals surface area contributed by atoms with Crippen molar-refractivity contribution in [1.82, 2.24) is 29.8 Å². The van der Waals surface area contributed by atoms with Crippen LogP contribution in [0.3, 0.4) is 0 Å². The smallest absolute Gasteiger partial charge is 0.175 e. The third kappa shape index (κ3) is 4.52. The molecule has 0 aliphatic rings. The molecule has 2 atom stereocenters. The molecule has 0 bridgehead atoms. The van der Waals surface area contributed by atoms with Crippen LogP contribution in [0.25, 0.3) is 5.69 Å². The van der Waals surface area contributed by atoms with E-state index in [0.717, 1.165) is 12.3 Å². The lowest BCUT2D eigenvalue weighted by atomic mass is 9.80. The van der Waals surface area contributed by atoms with Crippen LogP contribution in [0.15, 0.2) is 66.2 Å². The van der Waals surface area contributed by atoms with E-state index in [1.165, 1.54) is 40.2 Å². The van der Waals surface area contributed by atoms with E-state index in [9.17, 15) is 22.3 Å². The summed E-state index contributed by atoms with van der Waals surface area (Å²) in [7, 11) is -3.35. The Balaban J connectivity index is 1.71. The molecule has 9 nitrogen and oxygen atoms in total. The lowest BCUT2D eigenvalue weighted by Crippen LogP contribution is -2.38. The van der Waals surface area contributed by atoms with E-state index in [-0.39, 0.29) is 17.0 Å². The van der Waals surface area contributed by atoms with Gasteiger partial charge < -0.3 is 5.11 Å². The Morgan fingerprint density at radius 1 is 1.15 bits per heavy atom. The van der Waals surface area contributed by atoms with Crippen molar-refractivity contribution in [2.75, 3.05) is 6.26 Å². The minimum absolute atomic E-state index is 0.126. The van der Waals surface area contributed by atoms with Gasteiger partial charge in [-0.1, -0.05) is 18.2 Å². The number of sulfone groups is 1. The summed E-state index contributed by atoms with van der Waals surface area (Å²) in [6, 6.07) is 8.99. The third-order valence-corrected chi connectivity index (χ3v) is 6.60. The lowest BCUT2D eigenvalue weighted by molar-refractivity contribution is -0.0123. The molecule has 4 rings (SSSR count). The minimum Gasteiger partial charge on any atom is -0.382 e. The maximum atomic E-state index is 14.7. The van der Waals surface area contributed by atoms with Gasteiger partial charge in [-0.3, -0.25) is 0 Å². The summed E-state index contributed by atoms with van der Waals surface area (Å²) in [4.78, 5) is 4.01. The maximum absolute atomic E-state index is 14.7. The highest BCUT2D eigenvalue weighted by Gasteiger charge is 2.41. The molecule has 0 spiro atoms. The second kappa shape index (κ2) is 8.45. The monoisotopic (exact) mass is 474 g/mol. The van der Waals surface area contributed by atoms with Crippen molar-refractivity contribution < 1.29 is 22.3 Å². The second-order valence-electron chi connectivity index (χ2n) is 7.72. The van der Waals surface area contributed by atoms with Crippen molar-refractivity contribution in [2.24, 2.45) is 0 Å². The van der Waals surface area contributed by atoms with E-state index < -0.39 is 33.0 Å². The molecule has 0 radical (unpaired) electrons. The summed E-state index contributed by atoms with van der Waals surface area (Å²) < 4.78 is 54.3. The predicted molar refractivity (Wildman–Crippen MR) is 113 cm³/mol. The lowest BCUT2D eigenvalue weighted by Gasteiger charge is -2.33. The summed E-state index contributed by atoms with van der Waals surface area (Å²) in [5.41, 5.74) is -1.12. The largest absolute Gasteiger partial charge is 0.382 e. The van der Waals surface area contributed by atoms with E-state index in [1.54, 1.807) is 25.3 Å². The molecule has 0 unspecified atom stereocenters. The number of aromatic nitrogens is 6. The molecule has 2 aromatic heterocycles. The quantitative estimate of drug-likeness (QED) is 0.437. The Kier molecular flexibility index (Phi) is 5.80. The number of hydrogen-bond donors (Lipinski definition) is 1. The predicted octanol–water partition coefficient (Wildman–Crippen LogP) is 2.23. The van der Waals surface area contributed by atoms with Crippen molar-refractivity contribution in [3.8, 4) is 5.69 Å². The van der Waals surface area contributed by atoms with Gasteiger partial charge in [-0.2, -0.15) is 5.10 Å². The molecular formula is C21H20F2N6O3S. The second-order valence-corrected chi connectivity index (χ2v) is 9.73. The Hall–Kier alpha value is -3.51. The van der Waals surface area contributed by atoms with E-state index >= 15 is 0 Å². The van der Waals surface area contributed by atoms with Gasteiger partial charge in [0, 0.05) is 23.8 Å². The summed E-state index contributed by atoms with van der Waals surface area (Å²) in [5, 5.41) is 23.8. The first-order valence-corrected chi connectivity index (χ1v) is 11.7. The van der Waals surface area contributed by atoms with Crippen molar-refractivity contribution in [3.63, 3.8) is 0 Å². The zero-order valence-corrected chi connectivity index (χ0v) is 18.5. The van der Waals surface area contributed by atoms with Gasteiger partial charge in [0.15, 0.2) is 9.84 Å². The molecule has 2 aromatic carbocycles. The highest BCUT2D eigenvalue weighted by atomic mass is 32.2. The molecule has 0 aliphatic heterocycles. The number of nitrogens with zero attached hydrogens (tertiary/aromatic N) is 6. The van der Waals surface area contributed by atoms with Gasteiger partial charge in [0.25, 0.3) is 0 Å². The maximum Gasteiger partial charge on any atom is 0.175 e. The van der Waals surface area contributed by atoms with Crippen LogP contribution in [0, 0.1) is 11.6 Å². The van der Waals surface area contributed by atoms with Crippen LogP contribution in [-0.4, -0.2) is 49.5 Å². The van der Waals surface area contributed by atoms with E-state index in [0.29, 0.717) is 17.4 Å². The van der Waals surface area contributed by atoms with Crippen molar-refractivity contribution in [1.29, 1.82) is 0 Å². The molecule has 2 heterocycles. The van der Waals surface area contributed by atoms with Crippen LogP contribution < -0.4 is 0 Å². The molecule has 0 aliphatic carbocycles. The van der Waals surface area contributed by atoms with Gasteiger partial charge in [-0.05, 0) is 30.3 Å². The standard InChI is InChI=1S/C21H20F2N6O3S/c1-14(20-10-29(27-26-20)16-4-6-17(7-5-16)33(2,31)32)21(30,11-28-13-24-12-25-28)18-8-3-15(22)9-19(18)23/h3-10,12-14,30H,11H2,1-2H3/t14-,21+/m0/s1. The number of rotatable bonds is 7. The van der Waals surface area contributed by atoms with Crippen LogP contribution in [-0.2, 0) is 22.0 Å². The normalized spacial score (nSPS) is 14.7. The molecular weight excluding hydrogens is 454 g/mol. The number of halogens is 2. The van der Waals surface area contributed by atoms with Crippen LogP contribution in [0.5, 0.6) is 0 Å². The summed E-state index contributed by atoms with van der Waals surface area (Å²) in [6.45, 7) is 1.47. The van der Waals surface area contributed by atoms with Gasteiger partial charge in [0.05, 0.1) is 29.0 Å². The zero-order valence-electron chi connectivity index (χ0n) is 17.7. The van der Waals surface area contributed by atoms with Crippen LogP contribution >= 0.6 is 0 Å². The highest BCUT2D eigenvalue weighted by Crippen LogP contribution is 2.39. The van der Waals surface area contributed by atoms with E-state index in [4.69, 9.17) is 0 Å². The topological polar surface area (TPSA) is 116 Å². The first-order chi connectivity index (χ1) is 15.6. The Labute approximate surface area is 188 Å². The summed E-state index contributed by atoms with van der Waals surface area (Å²) >= 11 is 0. The Morgan fingerprint density at radius 2 is 1.88 bits per heavy atom.